The molecule has 4 nitrogen and oxygen atoms in total. The molecule has 2 aliphatic heterocycles. The van der Waals surface area contributed by atoms with Gasteiger partial charge in [-0.1, -0.05) is 13.3 Å². The summed E-state index contributed by atoms with van der Waals surface area (Å²) in [5.74, 6) is 1.69. The molecular formula is C14H28N2O2S. The Balaban J connectivity index is 1.78. The summed E-state index contributed by atoms with van der Waals surface area (Å²) in [6.07, 6.45) is 6.38. The van der Waals surface area contributed by atoms with Crippen molar-refractivity contribution >= 4 is 10.0 Å². The molecule has 0 aliphatic carbocycles. The van der Waals surface area contributed by atoms with Crippen LogP contribution in [0.25, 0.3) is 0 Å². The first kappa shape index (κ1) is 15.3. The maximum absolute atomic E-state index is 12.3. The van der Waals surface area contributed by atoms with Crippen LogP contribution in [0.1, 0.15) is 45.4 Å². The van der Waals surface area contributed by atoms with Gasteiger partial charge in [-0.2, -0.15) is 0 Å². The Bertz CT molecular complexity index is 356. The summed E-state index contributed by atoms with van der Waals surface area (Å²) in [7, 11) is -3.00. The second-order valence-electron chi connectivity index (χ2n) is 6.05. The van der Waals surface area contributed by atoms with E-state index in [4.69, 9.17) is 0 Å². The van der Waals surface area contributed by atoms with Crippen LogP contribution in [0.3, 0.4) is 0 Å². The van der Waals surface area contributed by atoms with E-state index < -0.39 is 10.0 Å². The minimum Gasteiger partial charge on any atom is -0.317 e. The summed E-state index contributed by atoms with van der Waals surface area (Å²) in [4.78, 5) is 0. The number of nitrogens with one attached hydrogen (secondary N) is 1. The Morgan fingerprint density at radius 2 is 1.68 bits per heavy atom. The molecule has 0 atom stereocenters. The zero-order valence-corrected chi connectivity index (χ0v) is 12.9. The Morgan fingerprint density at radius 3 is 2.26 bits per heavy atom. The first-order chi connectivity index (χ1) is 9.12. The molecule has 112 valence electrons. The molecule has 2 heterocycles. The summed E-state index contributed by atoms with van der Waals surface area (Å²) < 4.78 is 26.4. The van der Waals surface area contributed by atoms with Crippen LogP contribution in [0.2, 0.25) is 0 Å². The molecule has 2 rings (SSSR count). The highest BCUT2D eigenvalue weighted by Gasteiger charge is 2.28. The van der Waals surface area contributed by atoms with Crippen LogP contribution >= 0.6 is 0 Å². The third kappa shape index (κ3) is 4.43. The van der Waals surface area contributed by atoms with Crippen LogP contribution in [0.5, 0.6) is 0 Å². The van der Waals surface area contributed by atoms with Gasteiger partial charge in [-0.15, -0.1) is 0 Å². The van der Waals surface area contributed by atoms with E-state index in [1.54, 1.807) is 4.31 Å². The van der Waals surface area contributed by atoms with Crippen molar-refractivity contribution in [2.24, 2.45) is 11.8 Å². The lowest BCUT2D eigenvalue weighted by molar-refractivity contribution is 0.267. The Labute approximate surface area is 118 Å². The van der Waals surface area contributed by atoms with E-state index in [9.17, 15) is 8.42 Å². The number of hydrogen-bond acceptors (Lipinski definition) is 3. The van der Waals surface area contributed by atoms with Crippen molar-refractivity contribution in [1.82, 2.24) is 9.62 Å². The molecule has 5 heteroatoms. The molecule has 0 amide bonds. The van der Waals surface area contributed by atoms with Gasteiger partial charge in [0.2, 0.25) is 10.0 Å². The lowest BCUT2D eigenvalue weighted by Gasteiger charge is -2.31. The van der Waals surface area contributed by atoms with Gasteiger partial charge >= 0.3 is 0 Å². The molecule has 0 radical (unpaired) electrons. The molecule has 1 N–H and O–H groups in total. The maximum atomic E-state index is 12.3. The van der Waals surface area contributed by atoms with Gasteiger partial charge in [0, 0.05) is 13.1 Å². The molecule has 2 aliphatic rings. The van der Waals surface area contributed by atoms with Gasteiger partial charge in [0.15, 0.2) is 0 Å². The van der Waals surface area contributed by atoms with E-state index in [0.717, 1.165) is 64.2 Å². The first-order valence-corrected chi connectivity index (χ1v) is 9.41. The minimum atomic E-state index is -3.00. The third-order valence-corrected chi connectivity index (χ3v) is 6.69. The van der Waals surface area contributed by atoms with Gasteiger partial charge < -0.3 is 5.32 Å². The number of piperidine rings is 2. The van der Waals surface area contributed by atoms with E-state index in [1.807, 2.05) is 0 Å². The molecule has 0 aromatic heterocycles. The van der Waals surface area contributed by atoms with Gasteiger partial charge in [-0.3, -0.25) is 0 Å². The zero-order chi connectivity index (χ0) is 13.7. The van der Waals surface area contributed by atoms with Crippen molar-refractivity contribution in [3.63, 3.8) is 0 Å². The Morgan fingerprint density at radius 1 is 1.05 bits per heavy atom. The van der Waals surface area contributed by atoms with Crippen molar-refractivity contribution in [3.05, 3.63) is 0 Å². The molecule has 0 saturated carbocycles. The van der Waals surface area contributed by atoms with E-state index in [-0.39, 0.29) is 0 Å². The number of rotatable bonds is 5. The fourth-order valence-corrected chi connectivity index (χ4v) is 4.87. The molecule has 2 saturated heterocycles. The molecule has 0 spiro atoms. The number of sulfonamides is 1. The highest BCUT2D eigenvalue weighted by atomic mass is 32.2. The van der Waals surface area contributed by atoms with Crippen molar-refractivity contribution in [2.75, 3.05) is 31.9 Å². The van der Waals surface area contributed by atoms with Gasteiger partial charge in [0.1, 0.15) is 0 Å². The summed E-state index contributed by atoms with van der Waals surface area (Å²) >= 11 is 0. The lowest BCUT2D eigenvalue weighted by Crippen LogP contribution is -2.40. The van der Waals surface area contributed by atoms with E-state index in [0.29, 0.717) is 11.7 Å². The fourth-order valence-electron chi connectivity index (χ4n) is 3.21. The van der Waals surface area contributed by atoms with Crippen LogP contribution in [0, 0.1) is 11.8 Å². The second kappa shape index (κ2) is 7.04. The Kier molecular flexibility index (Phi) is 5.66. The molecule has 2 fully saturated rings. The highest BCUT2D eigenvalue weighted by molar-refractivity contribution is 7.89. The van der Waals surface area contributed by atoms with Crippen molar-refractivity contribution in [2.45, 2.75) is 45.4 Å². The van der Waals surface area contributed by atoms with Crippen molar-refractivity contribution < 1.29 is 8.42 Å². The Hall–Kier alpha value is -0.130. The number of nitrogens with zero attached hydrogens (tertiary/aromatic N) is 1. The predicted octanol–water partition coefficient (Wildman–Crippen LogP) is 1.83. The summed E-state index contributed by atoms with van der Waals surface area (Å²) in [5, 5.41) is 3.33. The summed E-state index contributed by atoms with van der Waals surface area (Å²) in [6.45, 7) is 5.78. The smallest absolute Gasteiger partial charge is 0.214 e. The fraction of sp³-hybridized carbons (Fsp3) is 1.00. The molecule has 0 aromatic carbocycles. The van der Waals surface area contributed by atoms with E-state index in [1.165, 1.54) is 6.42 Å². The van der Waals surface area contributed by atoms with Crippen molar-refractivity contribution in [3.8, 4) is 0 Å². The monoisotopic (exact) mass is 288 g/mol. The minimum absolute atomic E-state index is 0.356. The van der Waals surface area contributed by atoms with Crippen LogP contribution < -0.4 is 5.32 Å². The zero-order valence-electron chi connectivity index (χ0n) is 12.1. The molecule has 0 aromatic rings. The van der Waals surface area contributed by atoms with Crippen LogP contribution in [0.4, 0.5) is 0 Å². The molecule has 19 heavy (non-hydrogen) atoms. The average molecular weight is 288 g/mol. The van der Waals surface area contributed by atoms with E-state index in [2.05, 4.69) is 12.2 Å². The second-order valence-corrected chi connectivity index (χ2v) is 8.14. The molecular weight excluding hydrogens is 260 g/mol. The van der Waals surface area contributed by atoms with Gasteiger partial charge in [0.25, 0.3) is 0 Å². The van der Waals surface area contributed by atoms with Gasteiger partial charge in [0.05, 0.1) is 5.75 Å². The lowest BCUT2D eigenvalue weighted by atomic mass is 9.96. The SMILES string of the molecule is CCC1CCN(S(=O)(=O)CCC2CCNCC2)CC1. The predicted molar refractivity (Wildman–Crippen MR) is 78.6 cm³/mol. The third-order valence-electron chi connectivity index (χ3n) is 4.79. The van der Waals surface area contributed by atoms with Crippen LogP contribution in [0.15, 0.2) is 0 Å². The largest absolute Gasteiger partial charge is 0.317 e. The quantitative estimate of drug-likeness (QED) is 0.839. The summed E-state index contributed by atoms with van der Waals surface area (Å²) in [6, 6.07) is 0. The van der Waals surface area contributed by atoms with Crippen LogP contribution in [-0.2, 0) is 10.0 Å². The standard InChI is InChI=1S/C14H28N2O2S/c1-2-13-5-10-16(11-6-13)19(17,18)12-7-14-3-8-15-9-4-14/h13-15H,2-12H2,1H3. The van der Waals surface area contributed by atoms with Crippen molar-refractivity contribution in [1.29, 1.82) is 0 Å². The van der Waals surface area contributed by atoms with Crippen LogP contribution in [-0.4, -0.2) is 44.7 Å². The normalized spacial score (nSPS) is 24.7. The average Bonchev–Trinajstić information content (AvgIpc) is 2.46. The first-order valence-electron chi connectivity index (χ1n) is 7.80. The summed E-state index contributed by atoms with van der Waals surface area (Å²) in [5.41, 5.74) is 0. The topological polar surface area (TPSA) is 49.4 Å². The van der Waals surface area contributed by atoms with Gasteiger partial charge in [-0.25, -0.2) is 12.7 Å². The molecule has 0 unspecified atom stereocenters. The van der Waals surface area contributed by atoms with Gasteiger partial charge in [-0.05, 0) is 57.0 Å². The number of hydrogen-bond donors (Lipinski definition) is 1. The highest BCUT2D eigenvalue weighted by Crippen LogP contribution is 2.24. The molecule has 0 bridgehead atoms. The van der Waals surface area contributed by atoms with E-state index >= 15 is 0 Å². The maximum Gasteiger partial charge on any atom is 0.214 e.